The van der Waals surface area contributed by atoms with E-state index in [9.17, 15) is 14.4 Å². The van der Waals surface area contributed by atoms with Crippen molar-refractivity contribution < 1.29 is 19.1 Å². The Morgan fingerprint density at radius 2 is 1.79 bits per heavy atom. The van der Waals surface area contributed by atoms with Gasteiger partial charge in [-0.15, -0.1) is 0 Å². The molecule has 0 saturated carbocycles. The molecule has 7 heteroatoms. The summed E-state index contributed by atoms with van der Waals surface area (Å²) in [7, 11) is 0. The summed E-state index contributed by atoms with van der Waals surface area (Å²) >= 11 is 0. The Bertz CT molecular complexity index is 704. The molecule has 2 aromatic rings. The Morgan fingerprint density at radius 1 is 1.08 bits per heavy atom. The van der Waals surface area contributed by atoms with E-state index in [1.54, 1.807) is 49.4 Å². The summed E-state index contributed by atoms with van der Waals surface area (Å²) in [5.41, 5.74) is 0.521. The Labute approximate surface area is 139 Å². The number of aromatic nitrogens is 1. The molecule has 1 heterocycles. The van der Waals surface area contributed by atoms with Crippen LogP contribution in [-0.4, -0.2) is 29.4 Å². The van der Waals surface area contributed by atoms with Gasteiger partial charge in [-0.1, -0.05) is 36.4 Å². The number of carbonyl (C=O) groups excluding carboxylic acids is 3. The molecule has 0 spiro atoms. The topological polar surface area (TPSA) is 97.4 Å². The first-order valence-electron chi connectivity index (χ1n) is 7.37. The molecule has 0 fully saturated rings. The van der Waals surface area contributed by atoms with E-state index in [-0.39, 0.29) is 5.69 Å². The summed E-state index contributed by atoms with van der Waals surface area (Å²) in [6, 6.07) is 12.6. The van der Waals surface area contributed by atoms with Crippen molar-refractivity contribution in [2.45, 2.75) is 13.0 Å². The number of pyridine rings is 1. The van der Waals surface area contributed by atoms with Gasteiger partial charge in [0.2, 0.25) is 6.10 Å². The molecule has 0 saturated heterocycles. The van der Waals surface area contributed by atoms with E-state index in [1.165, 1.54) is 12.3 Å². The summed E-state index contributed by atoms with van der Waals surface area (Å²) in [4.78, 5) is 39.9. The minimum atomic E-state index is -1.26. The first-order valence-corrected chi connectivity index (χ1v) is 7.37. The second kappa shape index (κ2) is 8.42. The predicted octanol–water partition coefficient (Wildman–Crippen LogP) is 1.83. The second-order valence-corrected chi connectivity index (χ2v) is 4.76. The van der Waals surface area contributed by atoms with Gasteiger partial charge >= 0.3 is 12.0 Å². The Hall–Kier alpha value is -3.22. The third kappa shape index (κ3) is 4.64. The lowest BCUT2D eigenvalue weighted by molar-refractivity contribution is -0.129. The van der Waals surface area contributed by atoms with E-state index in [2.05, 4.69) is 15.6 Å². The molecule has 124 valence electrons. The number of esters is 1. The van der Waals surface area contributed by atoms with E-state index in [1.807, 2.05) is 0 Å². The molecule has 0 aliphatic heterocycles. The van der Waals surface area contributed by atoms with Crippen LogP contribution in [0.5, 0.6) is 0 Å². The predicted molar refractivity (Wildman–Crippen MR) is 86.1 cm³/mol. The average molecular weight is 327 g/mol. The van der Waals surface area contributed by atoms with Crippen molar-refractivity contribution in [2.75, 3.05) is 6.54 Å². The summed E-state index contributed by atoms with van der Waals surface area (Å²) in [6.07, 6.45) is 0.186. The number of hydrogen-bond acceptors (Lipinski definition) is 5. The highest BCUT2D eigenvalue weighted by atomic mass is 16.5. The fourth-order valence-corrected chi connectivity index (χ4v) is 1.93. The molecule has 2 rings (SSSR count). The zero-order chi connectivity index (χ0) is 17.4. The molecule has 3 amide bonds. The van der Waals surface area contributed by atoms with Gasteiger partial charge in [0.05, 0.1) is 0 Å². The minimum absolute atomic E-state index is 0.0734. The Kier molecular flexibility index (Phi) is 6.01. The molecule has 1 aromatic carbocycles. The maximum absolute atomic E-state index is 12.3. The van der Waals surface area contributed by atoms with E-state index in [4.69, 9.17) is 4.74 Å². The maximum atomic E-state index is 12.3. The van der Waals surface area contributed by atoms with Crippen LogP contribution in [0, 0.1) is 0 Å². The minimum Gasteiger partial charge on any atom is -0.443 e. The molecule has 1 atom stereocenters. The summed E-state index contributed by atoms with van der Waals surface area (Å²) in [5, 5.41) is 4.59. The number of amides is 3. The van der Waals surface area contributed by atoms with Gasteiger partial charge < -0.3 is 10.1 Å². The van der Waals surface area contributed by atoms with Crippen LogP contribution in [0.15, 0.2) is 54.7 Å². The summed E-state index contributed by atoms with van der Waals surface area (Å²) < 4.78 is 5.27. The third-order valence-corrected chi connectivity index (χ3v) is 3.01. The van der Waals surface area contributed by atoms with Crippen LogP contribution in [-0.2, 0) is 9.53 Å². The normalized spacial score (nSPS) is 11.2. The van der Waals surface area contributed by atoms with Crippen molar-refractivity contribution >= 4 is 17.9 Å². The maximum Gasteiger partial charge on any atom is 0.358 e. The van der Waals surface area contributed by atoms with Crippen LogP contribution in [0.1, 0.15) is 29.1 Å². The zero-order valence-corrected chi connectivity index (χ0v) is 13.1. The van der Waals surface area contributed by atoms with E-state index >= 15 is 0 Å². The summed E-state index contributed by atoms with van der Waals surface area (Å²) in [5.74, 6) is -1.49. The molecular formula is C17H17N3O4. The molecule has 24 heavy (non-hydrogen) atoms. The monoisotopic (exact) mass is 327 g/mol. The lowest BCUT2D eigenvalue weighted by atomic mass is 10.1. The lowest BCUT2D eigenvalue weighted by Crippen LogP contribution is -2.42. The van der Waals surface area contributed by atoms with Crippen molar-refractivity contribution in [1.82, 2.24) is 15.6 Å². The van der Waals surface area contributed by atoms with Gasteiger partial charge in [0, 0.05) is 18.3 Å². The highest BCUT2D eigenvalue weighted by Gasteiger charge is 2.27. The van der Waals surface area contributed by atoms with Gasteiger partial charge in [0.1, 0.15) is 5.69 Å². The highest BCUT2D eigenvalue weighted by Crippen LogP contribution is 2.19. The smallest absolute Gasteiger partial charge is 0.358 e. The van der Waals surface area contributed by atoms with Gasteiger partial charge in [-0.25, -0.2) is 14.6 Å². The number of urea groups is 1. The molecule has 0 radical (unpaired) electrons. The van der Waals surface area contributed by atoms with Crippen LogP contribution in [0.2, 0.25) is 0 Å². The number of ether oxygens (including phenoxy) is 1. The Morgan fingerprint density at radius 3 is 2.42 bits per heavy atom. The van der Waals surface area contributed by atoms with Gasteiger partial charge in [-0.05, 0) is 19.1 Å². The van der Waals surface area contributed by atoms with Crippen molar-refractivity contribution in [2.24, 2.45) is 0 Å². The number of benzene rings is 1. The summed E-state index contributed by atoms with van der Waals surface area (Å²) in [6.45, 7) is 2.09. The van der Waals surface area contributed by atoms with E-state index in [0.29, 0.717) is 12.1 Å². The van der Waals surface area contributed by atoms with Gasteiger partial charge in [0.25, 0.3) is 5.91 Å². The van der Waals surface area contributed by atoms with Crippen LogP contribution in [0.4, 0.5) is 4.79 Å². The van der Waals surface area contributed by atoms with Crippen molar-refractivity contribution in [3.63, 3.8) is 0 Å². The van der Waals surface area contributed by atoms with Gasteiger partial charge in [-0.2, -0.15) is 0 Å². The number of nitrogens with zero attached hydrogens (tertiary/aromatic N) is 1. The molecule has 0 aliphatic rings. The van der Waals surface area contributed by atoms with Crippen LogP contribution < -0.4 is 10.6 Å². The molecule has 0 unspecified atom stereocenters. The average Bonchev–Trinajstić information content (AvgIpc) is 2.61. The second-order valence-electron chi connectivity index (χ2n) is 4.76. The number of hydrogen-bond donors (Lipinski definition) is 2. The lowest BCUT2D eigenvalue weighted by Gasteiger charge is -2.17. The molecular weight excluding hydrogens is 310 g/mol. The van der Waals surface area contributed by atoms with Gasteiger partial charge in [0.15, 0.2) is 0 Å². The fraction of sp³-hybridized carbons (Fsp3) is 0.176. The van der Waals surface area contributed by atoms with E-state index < -0.39 is 24.0 Å². The number of carbonyl (C=O) groups is 3. The molecule has 2 N–H and O–H groups in total. The quantitative estimate of drug-likeness (QED) is 0.817. The first kappa shape index (κ1) is 17.1. The van der Waals surface area contributed by atoms with Crippen LogP contribution >= 0.6 is 0 Å². The van der Waals surface area contributed by atoms with Gasteiger partial charge in [-0.3, -0.25) is 10.1 Å². The van der Waals surface area contributed by atoms with Crippen molar-refractivity contribution in [3.05, 3.63) is 66.0 Å². The number of imide groups is 1. The largest absolute Gasteiger partial charge is 0.443 e. The standard InChI is InChI=1S/C17H17N3O4/c1-2-18-17(23)20-15(21)14(12-8-4-3-5-9-12)24-16(22)13-10-6-7-11-19-13/h3-11,14H,2H2,1H3,(H2,18,20,21,23)/t14-/m0/s1. The SMILES string of the molecule is CCNC(=O)NC(=O)[C@@H](OC(=O)c1ccccn1)c1ccccc1. The molecule has 0 aliphatic carbocycles. The third-order valence-electron chi connectivity index (χ3n) is 3.01. The van der Waals surface area contributed by atoms with Crippen LogP contribution in [0.3, 0.4) is 0 Å². The van der Waals surface area contributed by atoms with E-state index in [0.717, 1.165) is 0 Å². The van der Waals surface area contributed by atoms with Crippen molar-refractivity contribution in [1.29, 1.82) is 0 Å². The van der Waals surface area contributed by atoms with Crippen molar-refractivity contribution in [3.8, 4) is 0 Å². The van der Waals surface area contributed by atoms with Crippen LogP contribution in [0.25, 0.3) is 0 Å². The number of rotatable bonds is 5. The molecule has 7 nitrogen and oxygen atoms in total. The Balaban J connectivity index is 2.19. The zero-order valence-electron chi connectivity index (χ0n) is 13.1. The number of nitrogens with one attached hydrogen (secondary N) is 2. The molecule has 1 aromatic heterocycles. The first-order chi connectivity index (χ1) is 11.6. The fourth-order valence-electron chi connectivity index (χ4n) is 1.93. The highest BCUT2D eigenvalue weighted by molar-refractivity contribution is 5.98. The molecule has 0 bridgehead atoms.